The van der Waals surface area contributed by atoms with Crippen molar-refractivity contribution in [1.82, 2.24) is 0 Å². The van der Waals surface area contributed by atoms with Crippen molar-refractivity contribution in [3.63, 3.8) is 0 Å². The second-order valence-electron chi connectivity index (χ2n) is 5.42. The average molecular weight is 231 g/mol. The van der Waals surface area contributed by atoms with Crippen molar-refractivity contribution in [3.8, 4) is 0 Å². The molecule has 1 aliphatic rings. The minimum absolute atomic E-state index is 0.125. The summed E-state index contributed by atoms with van der Waals surface area (Å²) in [7, 11) is 0. The molecule has 0 aliphatic carbocycles. The molecule has 0 saturated carbocycles. The molecule has 0 bridgehead atoms. The molecule has 0 spiro atoms. The number of benzene rings is 1. The molecule has 1 aromatic rings. The minimum atomic E-state index is -0.200. The van der Waals surface area contributed by atoms with Crippen molar-refractivity contribution in [2.75, 3.05) is 0 Å². The van der Waals surface area contributed by atoms with Gasteiger partial charge in [0.05, 0.1) is 0 Å². The van der Waals surface area contributed by atoms with E-state index >= 15 is 0 Å². The van der Waals surface area contributed by atoms with E-state index in [0.29, 0.717) is 5.92 Å². The van der Waals surface area contributed by atoms with Gasteiger partial charge in [-0.05, 0) is 26.2 Å². The summed E-state index contributed by atoms with van der Waals surface area (Å²) < 4.78 is 6.15. The topological polar surface area (TPSA) is 21.6 Å². The maximum Gasteiger partial charge on any atom is 0.175 e. The number of aliphatic imine (C=N–C) groups is 1. The Morgan fingerprint density at radius 3 is 2.53 bits per heavy atom. The lowest BCUT2D eigenvalue weighted by molar-refractivity contribution is -0.0264. The molecular formula is C15H21NO. The fraction of sp³-hybridized carbons (Fsp3) is 0.533. The molecule has 2 atom stereocenters. The van der Waals surface area contributed by atoms with Gasteiger partial charge in [-0.15, -0.1) is 0 Å². The Balaban J connectivity index is 2.18. The van der Waals surface area contributed by atoms with Crippen LogP contribution in [0, 0.1) is 5.92 Å². The van der Waals surface area contributed by atoms with Crippen LogP contribution < -0.4 is 0 Å². The van der Waals surface area contributed by atoms with E-state index in [9.17, 15) is 0 Å². The van der Waals surface area contributed by atoms with E-state index in [1.165, 1.54) is 0 Å². The summed E-state index contributed by atoms with van der Waals surface area (Å²) in [6.07, 6.45) is 0.894. The summed E-state index contributed by atoms with van der Waals surface area (Å²) in [6.45, 7) is 8.66. The summed E-state index contributed by atoms with van der Waals surface area (Å²) in [5, 5.41) is 0. The van der Waals surface area contributed by atoms with Gasteiger partial charge in [-0.2, -0.15) is 0 Å². The van der Waals surface area contributed by atoms with E-state index in [0.717, 1.165) is 17.7 Å². The molecule has 0 amide bonds. The Hall–Kier alpha value is -1.15. The molecule has 1 heterocycles. The van der Waals surface area contributed by atoms with Gasteiger partial charge in [-0.25, -0.2) is 0 Å². The third-order valence-corrected chi connectivity index (χ3v) is 3.33. The SMILES string of the molecule is CC1=NC(c2ccccc2)OC1(C)CC(C)C. The van der Waals surface area contributed by atoms with Crippen molar-refractivity contribution in [2.24, 2.45) is 10.9 Å². The smallest absolute Gasteiger partial charge is 0.175 e. The van der Waals surface area contributed by atoms with Gasteiger partial charge in [0.2, 0.25) is 0 Å². The van der Waals surface area contributed by atoms with E-state index in [2.05, 4.69) is 44.8 Å². The Morgan fingerprint density at radius 1 is 1.29 bits per heavy atom. The lowest BCUT2D eigenvalue weighted by Crippen LogP contribution is -2.34. The van der Waals surface area contributed by atoms with E-state index in [-0.39, 0.29) is 11.8 Å². The first-order valence-electron chi connectivity index (χ1n) is 6.29. The quantitative estimate of drug-likeness (QED) is 0.771. The molecular weight excluding hydrogens is 210 g/mol. The van der Waals surface area contributed by atoms with Crippen LogP contribution in [0.3, 0.4) is 0 Å². The van der Waals surface area contributed by atoms with Gasteiger partial charge in [0.25, 0.3) is 0 Å². The first-order chi connectivity index (χ1) is 8.01. The van der Waals surface area contributed by atoms with Crippen molar-refractivity contribution >= 4 is 5.71 Å². The predicted molar refractivity (Wildman–Crippen MR) is 71.2 cm³/mol. The summed E-state index contributed by atoms with van der Waals surface area (Å²) in [5.74, 6) is 0.611. The van der Waals surface area contributed by atoms with Crippen LogP contribution in [-0.4, -0.2) is 11.3 Å². The van der Waals surface area contributed by atoms with Crippen molar-refractivity contribution in [2.45, 2.75) is 45.9 Å². The van der Waals surface area contributed by atoms with Gasteiger partial charge in [-0.1, -0.05) is 44.2 Å². The van der Waals surface area contributed by atoms with Crippen LogP contribution in [-0.2, 0) is 4.74 Å². The zero-order chi connectivity index (χ0) is 12.5. The van der Waals surface area contributed by atoms with E-state index in [1.807, 2.05) is 18.2 Å². The summed E-state index contributed by atoms with van der Waals surface area (Å²) in [6, 6.07) is 10.2. The van der Waals surface area contributed by atoms with Crippen LogP contribution in [0.15, 0.2) is 35.3 Å². The number of rotatable bonds is 3. The van der Waals surface area contributed by atoms with Gasteiger partial charge in [0.15, 0.2) is 6.23 Å². The molecule has 0 aromatic heterocycles. The lowest BCUT2D eigenvalue weighted by atomic mass is 9.91. The van der Waals surface area contributed by atoms with E-state index in [1.54, 1.807) is 0 Å². The average Bonchev–Trinajstić information content (AvgIpc) is 2.55. The zero-order valence-corrected chi connectivity index (χ0v) is 11.1. The molecule has 1 aromatic carbocycles. The first kappa shape index (κ1) is 12.3. The molecule has 2 heteroatoms. The van der Waals surface area contributed by atoms with Gasteiger partial charge in [-0.3, -0.25) is 4.99 Å². The summed E-state index contributed by atoms with van der Waals surface area (Å²) in [4.78, 5) is 4.66. The Bertz CT molecular complexity index is 410. The van der Waals surface area contributed by atoms with Crippen LogP contribution in [0.2, 0.25) is 0 Å². The van der Waals surface area contributed by atoms with Gasteiger partial charge in [0.1, 0.15) is 5.60 Å². The summed E-state index contributed by atoms with van der Waals surface area (Å²) >= 11 is 0. The molecule has 2 rings (SSSR count). The number of nitrogens with zero attached hydrogens (tertiary/aromatic N) is 1. The van der Waals surface area contributed by atoms with E-state index < -0.39 is 0 Å². The van der Waals surface area contributed by atoms with Gasteiger partial charge >= 0.3 is 0 Å². The van der Waals surface area contributed by atoms with Crippen LogP contribution in [0.4, 0.5) is 0 Å². The molecule has 2 nitrogen and oxygen atoms in total. The highest BCUT2D eigenvalue weighted by Crippen LogP contribution is 2.37. The highest BCUT2D eigenvalue weighted by atomic mass is 16.5. The van der Waals surface area contributed by atoms with Crippen LogP contribution in [0.1, 0.15) is 45.9 Å². The number of ether oxygens (including phenoxy) is 1. The molecule has 17 heavy (non-hydrogen) atoms. The molecule has 0 radical (unpaired) electrons. The predicted octanol–water partition coefficient (Wildman–Crippen LogP) is 3.98. The minimum Gasteiger partial charge on any atom is -0.340 e. The van der Waals surface area contributed by atoms with Crippen molar-refractivity contribution < 1.29 is 4.74 Å². The second-order valence-corrected chi connectivity index (χ2v) is 5.42. The molecule has 1 aliphatic heterocycles. The lowest BCUT2D eigenvalue weighted by Gasteiger charge is -2.27. The Labute approximate surface area is 104 Å². The molecule has 2 unspecified atom stereocenters. The zero-order valence-electron chi connectivity index (χ0n) is 11.1. The maximum absolute atomic E-state index is 6.15. The molecule has 0 fully saturated rings. The Kier molecular flexibility index (Phi) is 3.34. The second kappa shape index (κ2) is 4.61. The largest absolute Gasteiger partial charge is 0.340 e. The van der Waals surface area contributed by atoms with Crippen LogP contribution in [0.25, 0.3) is 0 Å². The first-order valence-corrected chi connectivity index (χ1v) is 6.29. The van der Waals surface area contributed by atoms with Gasteiger partial charge < -0.3 is 4.74 Å². The van der Waals surface area contributed by atoms with Crippen LogP contribution in [0.5, 0.6) is 0 Å². The normalized spacial score (nSPS) is 28.5. The monoisotopic (exact) mass is 231 g/mol. The molecule has 92 valence electrons. The third kappa shape index (κ3) is 2.58. The fourth-order valence-corrected chi connectivity index (χ4v) is 2.41. The number of hydrogen-bond acceptors (Lipinski definition) is 2. The summed E-state index contributed by atoms with van der Waals surface area (Å²) in [5.41, 5.74) is 2.05. The fourth-order valence-electron chi connectivity index (χ4n) is 2.41. The molecule has 0 saturated heterocycles. The van der Waals surface area contributed by atoms with Crippen molar-refractivity contribution in [3.05, 3.63) is 35.9 Å². The van der Waals surface area contributed by atoms with E-state index in [4.69, 9.17) is 4.74 Å². The van der Waals surface area contributed by atoms with Gasteiger partial charge in [0, 0.05) is 11.3 Å². The maximum atomic E-state index is 6.15. The van der Waals surface area contributed by atoms with Crippen LogP contribution >= 0.6 is 0 Å². The molecule has 0 N–H and O–H groups in total. The standard InChI is InChI=1S/C15H21NO/c1-11(2)10-15(4)12(3)16-14(17-15)13-8-6-5-7-9-13/h5-9,11,14H,10H2,1-4H3. The number of hydrogen-bond donors (Lipinski definition) is 0. The highest BCUT2D eigenvalue weighted by molar-refractivity contribution is 5.91. The third-order valence-electron chi connectivity index (χ3n) is 3.33. The Morgan fingerprint density at radius 2 is 1.94 bits per heavy atom. The highest BCUT2D eigenvalue weighted by Gasteiger charge is 2.38. The van der Waals surface area contributed by atoms with Crippen molar-refractivity contribution in [1.29, 1.82) is 0 Å².